The van der Waals surface area contributed by atoms with Crippen LogP contribution < -0.4 is 4.74 Å². The smallest absolute Gasteiger partial charge is 0.132 e. The largest absolute Gasteiger partial charge is 0.508 e. The van der Waals surface area contributed by atoms with E-state index in [9.17, 15) is 5.11 Å². The van der Waals surface area contributed by atoms with Gasteiger partial charge in [-0.05, 0) is 24.0 Å². The van der Waals surface area contributed by atoms with E-state index in [1.807, 2.05) is 0 Å². The van der Waals surface area contributed by atoms with E-state index in [2.05, 4.69) is 6.92 Å². The van der Waals surface area contributed by atoms with Crippen LogP contribution in [0.3, 0.4) is 0 Å². The van der Waals surface area contributed by atoms with Gasteiger partial charge in [0.05, 0.1) is 12.0 Å². The van der Waals surface area contributed by atoms with Crippen molar-refractivity contribution in [2.45, 2.75) is 11.8 Å². The molecule has 2 nitrogen and oxygen atoms in total. The summed E-state index contributed by atoms with van der Waals surface area (Å²) in [6, 6.07) is 5.11. The third kappa shape index (κ3) is 2.08. The van der Waals surface area contributed by atoms with Crippen molar-refractivity contribution in [3.8, 4) is 11.5 Å². The van der Waals surface area contributed by atoms with E-state index in [-0.39, 0.29) is 5.75 Å². The van der Waals surface area contributed by atoms with E-state index in [4.69, 9.17) is 4.74 Å². The van der Waals surface area contributed by atoms with Gasteiger partial charge in [-0.1, -0.05) is 6.92 Å². The molecule has 1 N–H and O–H groups in total. The van der Waals surface area contributed by atoms with E-state index in [0.717, 1.165) is 16.4 Å². The predicted octanol–water partition coefficient (Wildman–Crippen LogP) is 2.51. The first kappa shape index (κ1) is 9.26. The maximum absolute atomic E-state index is 9.19. The molecule has 66 valence electrons. The van der Waals surface area contributed by atoms with Gasteiger partial charge in [-0.25, -0.2) is 0 Å². The van der Waals surface area contributed by atoms with Crippen LogP contribution in [0.25, 0.3) is 0 Å². The fraction of sp³-hybridized carbons (Fsp3) is 0.333. The molecule has 0 saturated carbocycles. The van der Waals surface area contributed by atoms with Gasteiger partial charge in [0, 0.05) is 0 Å². The third-order valence-corrected chi connectivity index (χ3v) is 2.37. The Morgan fingerprint density at radius 3 is 2.83 bits per heavy atom. The number of hydrogen-bond acceptors (Lipinski definition) is 3. The third-order valence-electron chi connectivity index (χ3n) is 1.45. The molecule has 0 bridgehead atoms. The summed E-state index contributed by atoms with van der Waals surface area (Å²) in [5.41, 5.74) is 0. The summed E-state index contributed by atoms with van der Waals surface area (Å²) in [6.45, 7) is 2.06. The first-order valence-electron chi connectivity index (χ1n) is 3.77. The molecule has 0 spiro atoms. The number of hydrogen-bond donors (Lipinski definition) is 1. The highest BCUT2D eigenvalue weighted by atomic mass is 32.2. The predicted molar refractivity (Wildman–Crippen MR) is 51.1 cm³/mol. The Morgan fingerprint density at radius 2 is 2.25 bits per heavy atom. The summed E-state index contributed by atoms with van der Waals surface area (Å²) in [4.78, 5) is 0.986. The molecule has 0 radical (unpaired) electrons. The van der Waals surface area contributed by atoms with Crippen molar-refractivity contribution in [2.75, 3.05) is 12.9 Å². The van der Waals surface area contributed by atoms with Gasteiger partial charge >= 0.3 is 0 Å². The van der Waals surface area contributed by atoms with E-state index >= 15 is 0 Å². The highest BCUT2D eigenvalue weighted by Gasteiger charge is 2.02. The van der Waals surface area contributed by atoms with Crippen LogP contribution in [0.15, 0.2) is 23.1 Å². The topological polar surface area (TPSA) is 29.5 Å². The first-order valence-corrected chi connectivity index (χ1v) is 4.76. The summed E-state index contributed by atoms with van der Waals surface area (Å²) in [6.07, 6.45) is 0. The molecule has 0 unspecified atom stereocenters. The van der Waals surface area contributed by atoms with Crippen LogP contribution in [-0.2, 0) is 0 Å². The number of aromatic hydroxyl groups is 1. The maximum Gasteiger partial charge on any atom is 0.132 e. The van der Waals surface area contributed by atoms with Gasteiger partial charge in [0.25, 0.3) is 0 Å². The van der Waals surface area contributed by atoms with E-state index in [0.29, 0.717) is 0 Å². The molecule has 0 aliphatic carbocycles. The van der Waals surface area contributed by atoms with Crippen LogP contribution in [0.2, 0.25) is 0 Å². The van der Waals surface area contributed by atoms with Crippen LogP contribution in [0, 0.1) is 0 Å². The van der Waals surface area contributed by atoms with Gasteiger partial charge < -0.3 is 9.84 Å². The number of phenols is 1. The summed E-state index contributed by atoms with van der Waals surface area (Å²) < 4.78 is 5.12. The normalized spacial score (nSPS) is 9.83. The van der Waals surface area contributed by atoms with E-state index < -0.39 is 0 Å². The molecule has 0 saturated heterocycles. The molecular weight excluding hydrogens is 172 g/mol. The maximum atomic E-state index is 9.19. The monoisotopic (exact) mass is 184 g/mol. The van der Waals surface area contributed by atoms with Crippen LogP contribution in [-0.4, -0.2) is 18.0 Å². The van der Waals surface area contributed by atoms with Gasteiger partial charge in [0.2, 0.25) is 0 Å². The summed E-state index contributed by atoms with van der Waals surface area (Å²) >= 11 is 1.66. The number of benzene rings is 1. The van der Waals surface area contributed by atoms with Crippen LogP contribution >= 0.6 is 11.8 Å². The van der Waals surface area contributed by atoms with Crippen molar-refractivity contribution in [3.05, 3.63) is 18.2 Å². The van der Waals surface area contributed by atoms with Gasteiger partial charge in [-0.15, -0.1) is 11.8 Å². The highest BCUT2D eigenvalue weighted by Crippen LogP contribution is 2.31. The number of phenolic OH excluding ortho intramolecular Hbond substituents is 1. The minimum absolute atomic E-state index is 0.284. The molecule has 3 heteroatoms. The molecule has 0 aromatic heterocycles. The van der Waals surface area contributed by atoms with Crippen molar-refractivity contribution in [1.29, 1.82) is 0 Å². The Labute approximate surface area is 76.6 Å². The van der Waals surface area contributed by atoms with Crippen LogP contribution in [0.4, 0.5) is 0 Å². The standard InChI is InChI=1S/C9H12O2S/c1-3-12-9-6-7(10)4-5-8(9)11-2/h4-6,10H,3H2,1-2H3. The molecule has 12 heavy (non-hydrogen) atoms. The molecule has 0 amide bonds. The van der Waals surface area contributed by atoms with Crippen LogP contribution in [0.5, 0.6) is 11.5 Å². The van der Waals surface area contributed by atoms with E-state index in [1.54, 1.807) is 37.1 Å². The first-order chi connectivity index (χ1) is 5.77. The zero-order valence-electron chi connectivity index (χ0n) is 7.20. The number of thioether (sulfide) groups is 1. The van der Waals surface area contributed by atoms with Crippen molar-refractivity contribution < 1.29 is 9.84 Å². The Kier molecular flexibility index (Phi) is 3.29. The van der Waals surface area contributed by atoms with Gasteiger partial charge in [0.1, 0.15) is 11.5 Å². The molecule has 0 atom stereocenters. The molecule has 0 aliphatic rings. The Balaban J connectivity index is 2.95. The molecule has 0 aliphatic heterocycles. The summed E-state index contributed by atoms with van der Waals surface area (Å²) in [5.74, 6) is 2.08. The Hall–Kier alpha value is -0.830. The highest BCUT2D eigenvalue weighted by molar-refractivity contribution is 7.99. The second-order valence-electron chi connectivity index (χ2n) is 2.27. The number of rotatable bonds is 3. The fourth-order valence-electron chi connectivity index (χ4n) is 0.934. The Bertz CT molecular complexity index is 261. The molecule has 0 heterocycles. The lowest BCUT2D eigenvalue weighted by Gasteiger charge is -2.06. The molecule has 1 aromatic rings. The molecule has 1 rings (SSSR count). The van der Waals surface area contributed by atoms with Gasteiger partial charge in [0.15, 0.2) is 0 Å². The second kappa shape index (κ2) is 4.26. The summed E-state index contributed by atoms with van der Waals surface area (Å²) in [5, 5.41) is 9.19. The molecule has 1 aromatic carbocycles. The Morgan fingerprint density at radius 1 is 1.50 bits per heavy atom. The minimum Gasteiger partial charge on any atom is -0.508 e. The van der Waals surface area contributed by atoms with E-state index in [1.165, 1.54) is 0 Å². The zero-order valence-corrected chi connectivity index (χ0v) is 8.02. The molecule has 0 fully saturated rings. The minimum atomic E-state index is 0.284. The van der Waals surface area contributed by atoms with Crippen LogP contribution in [0.1, 0.15) is 6.92 Å². The van der Waals surface area contributed by atoms with Gasteiger partial charge in [-0.3, -0.25) is 0 Å². The number of ether oxygens (including phenoxy) is 1. The van der Waals surface area contributed by atoms with Gasteiger partial charge in [-0.2, -0.15) is 0 Å². The average molecular weight is 184 g/mol. The quantitative estimate of drug-likeness (QED) is 0.732. The van der Waals surface area contributed by atoms with Crippen molar-refractivity contribution >= 4 is 11.8 Å². The lowest BCUT2D eigenvalue weighted by atomic mass is 10.3. The zero-order chi connectivity index (χ0) is 8.97. The lowest BCUT2D eigenvalue weighted by Crippen LogP contribution is -1.85. The van der Waals surface area contributed by atoms with Crippen molar-refractivity contribution in [3.63, 3.8) is 0 Å². The van der Waals surface area contributed by atoms with Crippen molar-refractivity contribution in [1.82, 2.24) is 0 Å². The summed E-state index contributed by atoms with van der Waals surface area (Å²) in [7, 11) is 1.63. The lowest BCUT2D eigenvalue weighted by molar-refractivity contribution is 0.401. The van der Waals surface area contributed by atoms with Crippen molar-refractivity contribution in [2.24, 2.45) is 0 Å². The average Bonchev–Trinajstić information content (AvgIpc) is 2.05. The second-order valence-corrected chi connectivity index (χ2v) is 3.57. The SMILES string of the molecule is CCSc1cc(O)ccc1OC. The fourth-order valence-corrected chi connectivity index (χ4v) is 1.74. The molecular formula is C9H12O2S. The number of methoxy groups -OCH3 is 1.